The minimum Gasteiger partial charge on any atom is -0.363 e. The van der Waals surface area contributed by atoms with Crippen LogP contribution in [0.1, 0.15) is 11.1 Å². The van der Waals surface area contributed by atoms with Gasteiger partial charge in [-0.15, -0.1) is 10.2 Å². The molecule has 3 rings (SSSR count). The lowest BCUT2D eigenvalue weighted by atomic mass is 10.2. The van der Waals surface area contributed by atoms with Gasteiger partial charge in [0.25, 0.3) is 0 Å². The van der Waals surface area contributed by atoms with Gasteiger partial charge in [0.05, 0.1) is 0 Å². The van der Waals surface area contributed by atoms with Crippen molar-refractivity contribution in [2.75, 3.05) is 5.32 Å². The number of nitrogens with zero attached hydrogens (tertiary/aromatic N) is 4. The Morgan fingerprint density at radius 1 is 1.41 bits per heavy atom. The molecule has 3 aromatic heterocycles. The molecule has 0 aliphatic rings. The quantitative estimate of drug-likeness (QED) is 0.767. The van der Waals surface area contributed by atoms with Crippen LogP contribution in [-0.4, -0.2) is 19.6 Å². The molecule has 86 valence electrons. The van der Waals surface area contributed by atoms with Crippen LogP contribution in [0.5, 0.6) is 0 Å². The van der Waals surface area contributed by atoms with Crippen LogP contribution >= 0.6 is 11.3 Å². The minimum absolute atomic E-state index is 0.750. The highest BCUT2D eigenvalue weighted by atomic mass is 32.1. The molecule has 0 radical (unpaired) electrons. The van der Waals surface area contributed by atoms with Crippen LogP contribution in [-0.2, 0) is 6.54 Å². The predicted octanol–water partition coefficient (Wildman–Crippen LogP) is 2.11. The summed E-state index contributed by atoms with van der Waals surface area (Å²) in [5.41, 5.74) is 3.34. The van der Waals surface area contributed by atoms with Crippen molar-refractivity contribution in [1.82, 2.24) is 19.6 Å². The SMILES string of the molecule is Cc1cscc1CNc1nccn2cnnc12. The summed E-state index contributed by atoms with van der Waals surface area (Å²) < 4.78 is 1.84. The van der Waals surface area contributed by atoms with Gasteiger partial charge in [0.15, 0.2) is 5.82 Å². The van der Waals surface area contributed by atoms with Crippen molar-refractivity contribution in [3.05, 3.63) is 40.6 Å². The number of anilines is 1. The number of fused-ring (bicyclic) bond motifs is 1. The Labute approximate surface area is 102 Å². The highest BCUT2D eigenvalue weighted by Crippen LogP contribution is 2.16. The van der Waals surface area contributed by atoms with E-state index in [1.54, 1.807) is 23.9 Å². The molecule has 6 heteroatoms. The number of aromatic nitrogens is 4. The second-order valence-electron chi connectivity index (χ2n) is 3.77. The van der Waals surface area contributed by atoms with Gasteiger partial charge in [-0.3, -0.25) is 4.40 Å². The summed E-state index contributed by atoms with van der Waals surface area (Å²) in [7, 11) is 0. The fraction of sp³-hybridized carbons (Fsp3) is 0.182. The van der Waals surface area contributed by atoms with E-state index in [-0.39, 0.29) is 0 Å². The first kappa shape index (κ1) is 10.2. The number of thiophene rings is 1. The van der Waals surface area contributed by atoms with E-state index < -0.39 is 0 Å². The average molecular weight is 245 g/mol. The van der Waals surface area contributed by atoms with Crippen LogP contribution in [0.15, 0.2) is 29.5 Å². The van der Waals surface area contributed by atoms with Crippen LogP contribution < -0.4 is 5.32 Å². The Morgan fingerprint density at radius 2 is 2.35 bits per heavy atom. The van der Waals surface area contributed by atoms with E-state index in [1.807, 2.05) is 10.6 Å². The van der Waals surface area contributed by atoms with Gasteiger partial charge in [0.2, 0.25) is 5.65 Å². The molecule has 0 aliphatic heterocycles. The molecule has 0 atom stereocenters. The molecule has 0 unspecified atom stereocenters. The average Bonchev–Trinajstić information content (AvgIpc) is 2.95. The maximum absolute atomic E-state index is 4.28. The van der Waals surface area contributed by atoms with Crippen LogP contribution in [0.2, 0.25) is 0 Å². The molecule has 0 saturated heterocycles. The Hall–Kier alpha value is -1.95. The third-order valence-electron chi connectivity index (χ3n) is 2.62. The second-order valence-corrected chi connectivity index (χ2v) is 4.51. The molecule has 0 aliphatic carbocycles. The summed E-state index contributed by atoms with van der Waals surface area (Å²) in [5.74, 6) is 0.760. The predicted molar refractivity (Wildman–Crippen MR) is 67.2 cm³/mol. The molecule has 1 N–H and O–H groups in total. The van der Waals surface area contributed by atoms with Crippen LogP contribution in [0, 0.1) is 6.92 Å². The van der Waals surface area contributed by atoms with E-state index in [1.165, 1.54) is 11.1 Å². The van der Waals surface area contributed by atoms with Gasteiger partial charge in [0, 0.05) is 18.9 Å². The normalized spacial score (nSPS) is 10.9. The maximum atomic E-state index is 4.28. The first-order valence-electron chi connectivity index (χ1n) is 5.24. The molecule has 3 aromatic rings. The lowest BCUT2D eigenvalue weighted by Gasteiger charge is -2.05. The zero-order chi connectivity index (χ0) is 11.7. The van der Waals surface area contributed by atoms with Crippen molar-refractivity contribution in [3.8, 4) is 0 Å². The van der Waals surface area contributed by atoms with Crippen molar-refractivity contribution in [2.45, 2.75) is 13.5 Å². The van der Waals surface area contributed by atoms with Gasteiger partial charge in [-0.05, 0) is 28.8 Å². The van der Waals surface area contributed by atoms with Gasteiger partial charge in [-0.25, -0.2) is 4.98 Å². The minimum atomic E-state index is 0.750. The molecule has 17 heavy (non-hydrogen) atoms. The van der Waals surface area contributed by atoms with E-state index in [2.05, 4.69) is 38.2 Å². The smallest absolute Gasteiger partial charge is 0.203 e. The third-order valence-corrected chi connectivity index (χ3v) is 3.53. The zero-order valence-electron chi connectivity index (χ0n) is 9.29. The van der Waals surface area contributed by atoms with Crippen molar-refractivity contribution in [2.24, 2.45) is 0 Å². The summed E-state index contributed by atoms with van der Waals surface area (Å²) in [4.78, 5) is 4.28. The van der Waals surface area contributed by atoms with Gasteiger partial charge in [-0.1, -0.05) is 0 Å². The number of hydrogen-bond acceptors (Lipinski definition) is 5. The molecule has 0 fully saturated rings. The summed E-state index contributed by atoms with van der Waals surface area (Å²) in [6.45, 7) is 2.87. The van der Waals surface area contributed by atoms with Gasteiger partial charge >= 0.3 is 0 Å². The monoisotopic (exact) mass is 245 g/mol. The second kappa shape index (κ2) is 4.14. The molecule has 0 amide bonds. The van der Waals surface area contributed by atoms with E-state index in [4.69, 9.17) is 0 Å². The van der Waals surface area contributed by atoms with Gasteiger partial charge in [-0.2, -0.15) is 11.3 Å². The number of nitrogens with one attached hydrogen (secondary N) is 1. The first-order valence-corrected chi connectivity index (χ1v) is 6.19. The maximum Gasteiger partial charge on any atom is 0.203 e. The fourth-order valence-electron chi connectivity index (χ4n) is 1.63. The molecule has 3 heterocycles. The lowest BCUT2D eigenvalue weighted by Crippen LogP contribution is -2.03. The number of hydrogen-bond donors (Lipinski definition) is 1. The van der Waals surface area contributed by atoms with Crippen LogP contribution in [0.3, 0.4) is 0 Å². The third kappa shape index (κ3) is 1.87. The first-order chi connectivity index (χ1) is 8.34. The largest absolute Gasteiger partial charge is 0.363 e. The summed E-state index contributed by atoms with van der Waals surface area (Å²) in [6, 6.07) is 0. The molecule has 0 aromatic carbocycles. The van der Waals surface area contributed by atoms with E-state index in [0.717, 1.165) is 18.0 Å². The molecular formula is C11H11N5S. The van der Waals surface area contributed by atoms with Crippen molar-refractivity contribution in [1.29, 1.82) is 0 Å². The van der Waals surface area contributed by atoms with Crippen LogP contribution in [0.4, 0.5) is 5.82 Å². The Morgan fingerprint density at radius 3 is 3.18 bits per heavy atom. The standard InChI is InChI=1S/C11H11N5S/c1-8-5-17-6-9(8)4-13-10-11-15-14-7-16(11)3-2-12-10/h2-3,5-7H,4H2,1H3,(H,12,13). The Kier molecular flexibility index (Phi) is 2.49. The van der Waals surface area contributed by atoms with Crippen LogP contribution in [0.25, 0.3) is 5.65 Å². The zero-order valence-corrected chi connectivity index (χ0v) is 10.1. The lowest BCUT2D eigenvalue weighted by molar-refractivity contribution is 1.07. The number of aryl methyl sites for hydroxylation is 1. The van der Waals surface area contributed by atoms with Crippen molar-refractivity contribution in [3.63, 3.8) is 0 Å². The highest BCUT2D eigenvalue weighted by molar-refractivity contribution is 7.08. The number of rotatable bonds is 3. The fourth-order valence-corrected chi connectivity index (χ4v) is 2.49. The molecule has 0 spiro atoms. The summed E-state index contributed by atoms with van der Waals surface area (Å²) in [5, 5.41) is 15.5. The van der Waals surface area contributed by atoms with Crippen molar-refractivity contribution >= 4 is 22.8 Å². The van der Waals surface area contributed by atoms with E-state index >= 15 is 0 Å². The van der Waals surface area contributed by atoms with Gasteiger partial charge < -0.3 is 5.32 Å². The van der Waals surface area contributed by atoms with Gasteiger partial charge in [0.1, 0.15) is 6.33 Å². The Bertz CT molecular complexity index is 642. The highest BCUT2D eigenvalue weighted by Gasteiger charge is 2.05. The molecule has 0 bridgehead atoms. The van der Waals surface area contributed by atoms with E-state index in [9.17, 15) is 0 Å². The topological polar surface area (TPSA) is 55.1 Å². The summed E-state index contributed by atoms with van der Waals surface area (Å²) in [6.07, 6.45) is 5.23. The van der Waals surface area contributed by atoms with E-state index in [0.29, 0.717) is 0 Å². The molecule has 5 nitrogen and oxygen atoms in total. The molecule has 0 saturated carbocycles. The van der Waals surface area contributed by atoms with Crippen molar-refractivity contribution < 1.29 is 0 Å². The summed E-state index contributed by atoms with van der Waals surface area (Å²) >= 11 is 1.71. The Balaban J connectivity index is 1.86. The molecular weight excluding hydrogens is 234 g/mol.